The van der Waals surface area contributed by atoms with E-state index in [4.69, 9.17) is 22.2 Å². The molecule has 106 valence electrons. The average Bonchev–Trinajstić information content (AvgIpc) is 3.04. The molecule has 20 heavy (non-hydrogen) atoms. The Labute approximate surface area is 135 Å². The van der Waals surface area contributed by atoms with Crippen LogP contribution in [-0.2, 0) is 12.8 Å². The summed E-state index contributed by atoms with van der Waals surface area (Å²) in [6.45, 7) is 0.749. The number of hydrazine groups is 1. The second-order valence-corrected chi connectivity index (χ2v) is 6.98. The van der Waals surface area contributed by atoms with E-state index in [1.807, 2.05) is 11.4 Å². The zero-order valence-electron chi connectivity index (χ0n) is 10.7. The molecule has 0 bridgehead atoms. The van der Waals surface area contributed by atoms with E-state index in [9.17, 15) is 0 Å². The summed E-state index contributed by atoms with van der Waals surface area (Å²) in [6, 6.07) is 6.10. The van der Waals surface area contributed by atoms with E-state index < -0.39 is 0 Å². The van der Waals surface area contributed by atoms with E-state index in [0.29, 0.717) is 0 Å². The highest BCUT2D eigenvalue weighted by molar-refractivity contribution is 9.10. The minimum Gasteiger partial charge on any atom is -0.493 e. The minimum absolute atomic E-state index is 0.00917. The SMILES string of the molecule is NNC(Cc1cc(Br)cc2c1OCC2)c1sccc1Cl. The molecule has 1 aliphatic heterocycles. The Morgan fingerprint density at radius 1 is 1.50 bits per heavy atom. The number of rotatable bonds is 4. The molecule has 1 aliphatic rings. The van der Waals surface area contributed by atoms with Crippen molar-refractivity contribution in [2.75, 3.05) is 6.61 Å². The van der Waals surface area contributed by atoms with Crippen LogP contribution < -0.4 is 16.0 Å². The Hall–Kier alpha value is -0.590. The normalized spacial score (nSPS) is 14.9. The van der Waals surface area contributed by atoms with Crippen LogP contribution in [0.5, 0.6) is 5.75 Å². The molecular formula is C14H14BrClN2OS. The molecule has 0 fully saturated rings. The molecule has 1 atom stereocenters. The lowest BCUT2D eigenvalue weighted by Gasteiger charge is -2.17. The second-order valence-electron chi connectivity index (χ2n) is 4.71. The molecule has 6 heteroatoms. The monoisotopic (exact) mass is 372 g/mol. The second kappa shape index (κ2) is 6.03. The summed E-state index contributed by atoms with van der Waals surface area (Å²) in [7, 11) is 0. The van der Waals surface area contributed by atoms with Gasteiger partial charge in [0, 0.05) is 15.8 Å². The lowest BCUT2D eigenvalue weighted by molar-refractivity contribution is 0.351. The molecular weight excluding hydrogens is 360 g/mol. The first kappa shape index (κ1) is 14.4. The molecule has 0 aliphatic carbocycles. The molecule has 0 amide bonds. The molecule has 0 saturated carbocycles. The van der Waals surface area contributed by atoms with Crippen molar-refractivity contribution in [2.45, 2.75) is 18.9 Å². The lowest BCUT2D eigenvalue weighted by Crippen LogP contribution is -2.29. The third-order valence-electron chi connectivity index (χ3n) is 3.41. The summed E-state index contributed by atoms with van der Waals surface area (Å²) in [5.41, 5.74) is 5.26. The van der Waals surface area contributed by atoms with Gasteiger partial charge in [-0.1, -0.05) is 27.5 Å². The van der Waals surface area contributed by atoms with Gasteiger partial charge < -0.3 is 4.74 Å². The van der Waals surface area contributed by atoms with Crippen LogP contribution in [0.4, 0.5) is 0 Å². The molecule has 0 spiro atoms. The number of ether oxygens (including phenoxy) is 1. The summed E-state index contributed by atoms with van der Waals surface area (Å²) in [5.74, 6) is 6.71. The zero-order chi connectivity index (χ0) is 14.1. The van der Waals surface area contributed by atoms with Crippen molar-refractivity contribution in [3.63, 3.8) is 0 Å². The molecule has 1 aromatic heterocycles. The van der Waals surface area contributed by atoms with E-state index >= 15 is 0 Å². The Balaban J connectivity index is 1.92. The summed E-state index contributed by atoms with van der Waals surface area (Å²) >= 11 is 11.4. The maximum absolute atomic E-state index is 6.20. The fourth-order valence-corrected chi connectivity index (χ4v) is 4.30. The third kappa shape index (κ3) is 2.73. The summed E-state index contributed by atoms with van der Waals surface area (Å²) in [6.07, 6.45) is 1.71. The Bertz CT molecular complexity index is 632. The molecule has 2 aromatic rings. The van der Waals surface area contributed by atoms with Crippen LogP contribution in [0.1, 0.15) is 22.0 Å². The van der Waals surface area contributed by atoms with Crippen LogP contribution in [0.25, 0.3) is 0 Å². The number of nitrogens with two attached hydrogens (primary N) is 1. The van der Waals surface area contributed by atoms with E-state index in [1.165, 1.54) is 5.56 Å². The number of hydrogen-bond acceptors (Lipinski definition) is 4. The summed E-state index contributed by atoms with van der Waals surface area (Å²) < 4.78 is 6.83. The van der Waals surface area contributed by atoms with Crippen molar-refractivity contribution in [1.29, 1.82) is 0 Å². The standard InChI is InChI=1S/C14H14BrClN2OS/c15-10-5-8-1-3-19-13(8)9(6-10)7-12(18-17)14-11(16)2-4-20-14/h2,4-6,12,18H,1,3,7,17H2. The van der Waals surface area contributed by atoms with Gasteiger partial charge in [0.25, 0.3) is 0 Å². The summed E-state index contributed by atoms with van der Waals surface area (Å²) in [4.78, 5) is 1.06. The fourth-order valence-electron chi connectivity index (χ4n) is 2.50. The van der Waals surface area contributed by atoms with Gasteiger partial charge in [-0.2, -0.15) is 0 Å². The van der Waals surface area contributed by atoms with Crippen LogP contribution in [0.2, 0.25) is 5.02 Å². The molecule has 3 N–H and O–H groups in total. The highest BCUT2D eigenvalue weighted by Gasteiger charge is 2.22. The van der Waals surface area contributed by atoms with Crippen LogP contribution in [0, 0.1) is 0 Å². The van der Waals surface area contributed by atoms with Gasteiger partial charge >= 0.3 is 0 Å². The van der Waals surface area contributed by atoms with E-state index in [-0.39, 0.29) is 6.04 Å². The topological polar surface area (TPSA) is 47.3 Å². The first-order chi connectivity index (χ1) is 9.69. The largest absolute Gasteiger partial charge is 0.493 e. The lowest BCUT2D eigenvalue weighted by atomic mass is 10.0. The zero-order valence-corrected chi connectivity index (χ0v) is 13.8. The van der Waals surface area contributed by atoms with Gasteiger partial charge in [0.1, 0.15) is 5.75 Å². The molecule has 1 unspecified atom stereocenters. The van der Waals surface area contributed by atoms with Crippen LogP contribution in [0.3, 0.4) is 0 Å². The number of benzene rings is 1. The first-order valence-electron chi connectivity index (χ1n) is 6.32. The molecule has 2 heterocycles. The number of halogens is 2. The molecule has 3 nitrogen and oxygen atoms in total. The van der Waals surface area contributed by atoms with Gasteiger partial charge in [-0.25, -0.2) is 0 Å². The number of nitrogens with one attached hydrogen (secondary N) is 1. The number of thiophene rings is 1. The van der Waals surface area contributed by atoms with Gasteiger partial charge in [-0.3, -0.25) is 11.3 Å². The van der Waals surface area contributed by atoms with Crippen molar-refractivity contribution in [1.82, 2.24) is 5.43 Å². The van der Waals surface area contributed by atoms with Crippen LogP contribution >= 0.6 is 38.9 Å². The van der Waals surface area contributed by atoms with Crippen molar-refractivity contribution in [3.8, 4) is 5.75 Å². The minimum atomic E-state index is -0.00917. The maximum atomic E-state index is 6.20. The fraction of sp³-hybridized carbons (Fsp3) is 0.286. The van der Waals surface area contributed by atoms with Crippen molar-refractivity contribution >= 4 is 38.9 Å². The smallest absolute Gasteiger partial charge is 0.125 e. The number of hydrogen-bond donors (Lipinski definition) is 2. The molecule has 0 saturated heterocycles. The molecule has 0 radical (unpaired) electrons. The van der Waals surface area contributed by atoms with Gasteiger partial charge in [-0.05, 0) is 41.1 Å². The van der Waals surface area contributed by atoms with E-state index in [1.54, 1.807) is 11.3 Å². The van der Waals surface area contributed by atoms with Crippen molar-refractivity contribution < 1.29 is 4.74 Å². The van der Waals surface area contributed by atoms with E-state index in [0.717, 1.165) is 45.1 Å². The van der Waals surface area contributed by atoms with Crippen molar-refractivity contribution in [2.24, 2.45) is 5.84 Å². The van der Waals surface area contributed by atoms with Crippen LogP contribution in [0.15, 0.2) is 28.1 Å². The molecule has 1 aromatic carbocycles. The van der Waals surface area contributed by atoms with E-state index in [2.05, 4.69) is 33.5 Å². The summed E-state index contributed by atoms with van der Waals surface area (Å²) in [5, 5.41) is 2.73. The predicted octanol–water partition coefficient (Wildman–Crippen LogP) is 3.85. The molecule has 3 rings (SSSR count). The van der Waals surface area contributed by atoms with Gasteiger partial charge in [0.15, 0.2) is 0 Å². The predicted molar refractivity (Wildman–Crippen MR) is 86.4 cm³/mol. The van der Waals surface area contributed by atoms with Crippen LogP contribution in [-0.4, -0.2) is 6.61 Å². The maximum Gasteiger partial charge on any atom is 0.125 e. The van der Waals surface area contributed by atoms with Gasteiger partial charge in [-0.15, -0.1) is 11.3 Å². The highest BCUT2D eigenvalue weighted by atomic mass is 79.9. The average molecular weight is 374 g/mol. The first-order valence-corrected chi connectivity index (χ1v) is 8.37. The Kier molecular flexibility index (Phi) is 4.33. The van der Waals surface area contributed by atoms with Gasteiger partial charge in [0.2, 0.25) is 0 Å². The van der Waals surface area contributed by atoms with Gasteiger partial charge in [0.05, 0.1) is 17.7 Å². The quantitative estimate of drug-likeness (QED) is 0.632. The Morgan fingerprint density at radius 2 is 2.35 bits per heavy atom. The Morgan fingerprint density at radius 3 is 3.05 bits per heavy atom. The third-order valence-corrected chi connectivity index (χ3v) is 5.34. The highest BCUT2D eigenvalue weighted by Crippen LogP contribution is 2.37. The number of fused-ring (bicyclic) bond motifs is 1. The van der Waals surface area contributed by atoms with Crippen molar-refractivity contribution in [3.05, 3.63) is 49.1 Å².